The number of alkyl halides is 3. The van der Waals surface area contributed by atoms with E-state index in [2.05, 4.69) is 28.4 Å². The molecule has 44 heavy (non-hydrogen) atoms. The van der Waals surface area contributed by atoms with E-state index in [0.717, 1.165) is 50.2 Å². The number of nitrogens with zero attached hydrogens (tertiary/aromatic N) is 2. The second kappa shape index (κ2) is 12.3. The zero-order chi connectivity index (χ0) is 30.9. The van der Waals surface area contributed by atoms with Gasteiger partial charge in [-0.25, -0.2) is 0 Å². The van der Waals surface area contributed by atoms with Crippen LogP contribution >= 0.6 is 0 Å². The Morgan fingerprint density at radius 1 is 0.932 bits per heavy atom. The van der Waals surface area contributed by atoms with Gasteiger partial charge in [-0.3, -0.25) is 9.59 Å². The van der Waals surface area contributed by atoms with E-state index in [0.29, 0.717) is 43.2 Å². The van der Waals surface area contributed by atoms with Crippen molar-refractivity contribution >= 4 is 23.2 Å². The molecule has 232 valence electrons. The van der Waals surface area contributed by atoms with Crippen LogP contribution in [-0.4, -0.2) is 48.6 Å². The zero-order valence-corrected chi connectivity index (χ0v) is 24.9. The van der Waals surface area contributed by atoms with Crippen LogP contribution in [0.15, 0.2) is 72.8 Å². The summed E-state index contributed by atoms with van der Waals surface area (Å²) in [7, 11) is 0. The van der Waals surface area contributed by atoms with Gasteiger partial charge in [0.15, 0.2) is 0 Å². The summed E-state index contributed by atoms with van der Waals surface area (Å²) in [6.45, 7) is 4.44. The van der Waals surface area contributed by atoms with Crippen LogP contribution in [0.5, 0.6) is 0 Å². The van der Waals surface area contributed by atoms with E-state index in [1.807, 2.05) is 30.3 Å². The summed E-state index contributed by atoms with van der Waals surface area (Å²) in [6, 6.07) is 21.0. The number of halogens is 3. The lowest BCUT2D eigenvalue weighted by atomic mass is 9.62. The molecule has 0 radical (unpaired) electrons. The Hall–Kier alpha value is -3.85. The van der Waals surface area contributed by atoms with E-state index in [-0.39, 0.29) is 24.3 Å². The zero-order valence-electron chi connectivity index (χ0n) is 24.9. The molecule has 3 aliphatic rings. The lowest BCUT2D eigenvalue weighted by molar-refractivity contribution is -0.149. The third-order valence-electron chi connectivity index (χ3n) is 9.72. The van der Waals surface area contributed by atoms with Crippen molar-refractivity contribution in [2.75, 3.05) is 36.5 Å². The number of hydrogen-bond donors (Lipinski definition) is 1. The number of carbonyl (C=O) groups is 2. The highest BCUT2D eigenvalue weighted by Crippen LogP contribution is 2.47. The van der Waals surface area contributed by atoms with Gasteiger partial charge >= 0.3 is 6.18 Å². The molecule has 1 aliphatic heterocycles. The first kappa shape index (κ1) is 30.2. The van der Waals surface area contributed by atoms with Gasteiger partial charge in [0.2, 0.25) is 11.8 Å². The maximum Gasteiger partial charge on any atom is 0.416 e. The van der Waals surface area contributed by atoms with Crippen molar-refractivity contribution in [3.8, 4) is 0 Å². The maximum absolute atomic E-state index is 14.4. The lowest BCUT2D eigenvalue weighted by Crippen LogP contribution is -2.61. The molecular weight excluding hydrogens is 567 g/mol. The van der Waals surface area contributed by atoms with Crippen molar-refractivity contribution in [1.29, 1.82) is 0 Å². The van der Waals surface area contributed by atoms with Crippen molar-refractivity contribution in [3.05, 3.63) is 95.1 Å². The van der Waals surface area contributed by atoms with Gasteiger partial charge in [-0.1, -0.05) is 36.4 Å². The second-order valence-corrected chi connectivity index (χ2v) is 12.4. The number of amides is 2. The van der Waals surface area contributed by atoms with Gasteiger partial charge in [0.1, 0.15) is 5.54 Å². The first-order chi connectivity index (χ1) is 21.1. The molecule has 0 unspecified atom stereocenters. The quantitative estimate of drug-likeness (QED) is 0.349. The van der Waals surface area contributed by atoms with Crippen LogP contribution in [0, 0.1) is 11.8 Å². The van der Waals surface area contributed by atoms with Crippen LogP contribution in [0.4, 0.5) is 24.5 Å². The fourth-order valence-corrected chi connectivity index (χ4v) is 7.33. The number of nitrogens with one attached hydrogen (secondary N) is 1. The van der Waals surface area contributed by atoms with Gasteiger partial charge < -0.3 is 19.9 Å². The number of fused-ring (bicyclic) bond motifs is 2. The molecule has 0 bridgehead atoms. The number of carbonyl (C=O) groups excluding carboxylic acids is 2. The number of anilines is 2. The molecule has 2 aliphatic carbocycles. The van der Waals surface area contributed by atoms with Gasteiger partial charge in [-0.15, -0.1) is 0 Å². The number of hydrogen-bond acceptors (Lipinski definition) is 4. The number of benzene rings is 3. The van der Waals surface area contributed by atoms with E-state index in [9.17, 15) is 22.8 Å². The molecule has 3 atom stereocenters. The molecule has 0 aromatic heterocycles. The maximum atomic E-state index is 14.4. The SMILES string of the molecule is CC(=O)N(Cc1ccc(C(F)(F)F)cc1)[C@@]1(C(=O)Nc2ccc(N3CCOCC3)cc2)CC[C@@H]2Cc3ccccc3C[C@H]2C1. The predicted molar refractivity (Wildman–Crippen MR) is 163 cm³/mol. The normalized spacial score (nSPS) is 23.3. The minimum atomic E-state index is -4.45. The van der Waals surface area contributed by atoms with Crippen molar-refractivity contribution in [2.45, 2.75) is 57.3 Å². The summed E-state index contributed by atoms with van der Waals surface area (Å²) >= 11 is 0. The minimum Gasteiger partial charge on any atom is -0.378 e. The summed E-state index contributed by atoms with van der Waals surface area (Å²) in [5.74, 6) is 0.0643. The van der Waals surface area contributed by atoms with Gasteiger partial charge in [0, 0.05) is 37.9 Å². The van der Waals surface area contributed by atoms with E-state index in [4.69, 9.17) is 4.74 Å². The highest BCUT2D eigenvalue weighted by Gasteiger charge is 2.51. The van der Waals surface area contributed by atoms with Crippen LogP contribution in [0.2, 0.25) is 0 Å². The van der Waals surface area contributed by atoms with Gasteiger partial charge in [-0.2, -0.15) is 13.2 Å². The summed E-state index contributed by atoms with van der Waals surface area (Å²) in [5.41, 5.74) is 2.97. The summed E-state index contributed by atoms with van der Waals surface area (Å²) < 4.78 is 45.2. The van der Waals surface area contributed by atoms with Gasteiger partial charge in [0.05, 0.1) is 18.8 Å². The lowest BCUT2D eigenvalue weighted by Gasteiger charge is -2.50. The average Bonchev–Trinajstić information content (AvgIpc) is 3.03. The Morgan fingerprint density at radius 3 is 2.18 bits per heavy atom. The summed E-state index contributed by atoms with van der Waals surface area (Å²) in [6.07, 6.45) is -0.930. The summed E-state index contributed by atoms with van der Waals surface area (Å²) in [5, 5.41) is 3.12. The molecule has 6 rings (SSSR count). The molecule has 2 amide bonds. The van der Waals surface area contributed by atoms with Crippen molar-refractivity contribution in [3.63, 3.8) is 0 Å². The number of rotatable bonds is 6. The Labute approximate surface area is 256 Å². The van der Waals surface area contributed by atoms with Crippen LogP contribution in [0.1, 0.15) is 48.4 Å². The van der Waals surface area contributed by atoms with Crippen molar-refractivity contribution in [2.24, 2.45) is 11.8 Å². The van der Waals surface area contributed by atoms with Crippen molar-refractivity contribution in [1.82, 2.24) is 4.90 Å². The van der Waals surface area contributed by atoms with Crippen LogP contribution in [0.25, 0.3) is 0 Å². The Kier molecular flexibility index (Phi) is 8.42. The second-order valence-electron chi connectivity index (χ2n) is 12.4. The van der Waals surface area contributed by atoms with Gasteiger partial charge in [0.25, 0.3) is 0 Å². The standard InChI is InChI=1S/C35H38F3N3O3/c1-24(42)41(23-25-6-8-30(9-7-25)35(36,37)38)34(15-14-28-20-26-4-2-3-5-27(26)21-29(28)22-34)33(43)39-31-10-12-32(13-11-31)40-16-18-44-19-17-40/h2-13,28-29H,14-23H2,1H3,(H,39,43)/t28-,29+,34+/m1/s1. The molecule has 1 saturated carbocycles. The smallest absolute Gasteiger partial charge is 0.378 e. The minimum absolute atomic E-state index is 0.0465. The summed E-state index contributed by atoms with van der Waals surface area (Å²) in [4.78, 5) is 31.6. The Bertz CT molecular complexity index is 1490. The third-order valence-corrected chi connectivity index (χ3v) is 9.72. The monoisotopic (exact) mass is 605 g/mol. The highest BCUT2D eigenvalue weighted by atomic mass is 19.4. The fourth-order valence-electron chi connectivity index (χ4n) is 7.33. The Morgan fingerprint density at radius 2 is 1.57 bits per heavy atom. The molecule has 6 nitrogen and oxygen atoms in total. The predicted octanol–water partition coefficient (Wildman–Crippen LogP) is 6.48. The van der Waals surface area contributed by atoms with E-state index < -0.39 is 17.3 Å². The molecule has 9 heteroatoms. The number of morpholine rings is 1. The largest absolute Gasteiger partial charge is 0.416 e. The molecule has 1 N–H and O–H groups in total. The third kappa shape index (κ3) is 6.20. The fraction of sp³-hybridized carbons (Fsp3) is 0.429. The van der Waals surface area contributed by atoms with E-state index >= 15 is 0 Å². The first-order valence-corrected chi connectivity index (χ1v) is 15.4. The Balaban J connectivity index is 1.30. The van der Waals surface area contributed by atoms with E-state index in [1.165, 1.54) is 30.2 Å². The van der Waals surface area contributed by atoms with Crippen LogP contribution < -0.4 is 10.2 Å². The van der Waals surface area contributed by atoms with Crippen LogP contribution in [-0.2, 0) is 39.9 Å². The molecule has 1 saturated heterocycles. The highest BCUT2D eigenvalue weighted by molar-refractivity contribution is 6.00. The number of ether oxygens (including phenoxy) is 1. The molecule has 0 spiro atoms. The van der Waals surface area contributed by atoms with Gasteiger partial charge in [-0.05, 0) is 97.0 Å². The topological polar surface area (TPSA) is 61.9 Å². The molecule has 3 aromatic carbocycles. The van der Waals surface area contributed by atoms with Crippen LogP contribution in [0.3, 0.4) is 0 Å². The molecule has 2 fully saturated rings. The van der Waals surface area contributed by atoms with Crippen molar-refractivity contribution < 1.29 is 27.5 Å². The molecule has 1 heterocycles. The van der Waals surface area contributed by atoms with E-state index in [1.54, 1.807) is 4.90 Å². The first-order valence-electron chi connectivity index (χ1n) is 15.4. The molecule has 3 aromatic rings. The molecular formula is C35H38F3N3O3. The average molecular weight is 606 g/mol.